The van der Waals surface area contributed by atoms with Crippen LogP contribution in [-0.4, -0.2) is 164 Å². The first-order valence-corrected chi connectivity index (χ1v) is 21.0. The second-order valence-electron chi connectivity index (χ2n) is 15.3. The molecule has 62 heavy (non-hydrogen) atoms. The fourth-order valence-corrected chi connectivity index (χ4v) is 8.02. The van der Waals surface area contributed by atoms with Crippen LogP contribution in [0, 0.1) is 18.8 Å². The Kier molecular flexibility index (Phi) is 17.6. The van der Waals surface area contributed by atoms with Gasteiger partial charge in [0.25, 0.3) is 0 Å². The summed E-state index contributed by atoms with van der Waals surface area (Å²) in [7, 11) is 0. The highest BCUT2D eigenvalue weighted by molar-refractivity contribution is 7.99. The van der Waals surface area contributed by atoms with Gasteiger partial charge in [0.15, 0.2) is 0 Å². The molecule has 8 amide bonds. The van der Waals surface area contributed by atoms with Gasteiger partial charge in [-0.25, -0.2) is 0 Å². The number of carboxylic acids is 1. The van der Waals surface area contributed by atoms with Gasteiger partial charge < -0.3 is 67.5 Å². The summed E-state index contributed by atoms with van der Waals surface area (Å²) < 4.78 is 0. The van der Waals surface area contributed by atoms with Gasteiger partial charge in [0.1, 0.15) is 30.2 Å². The number of hydrogen-bond donors (Lipinski definition) is 12. The van der Waals surface area contributed by atoms with Crippen molar-refractivity contribution in [3.8, 4) is 0 Å². The molecule has 1 aromatic carbocycles. The average molecular weight is 890 g/mol. The van der Waals surface area contributed by atoms with E-state index in [2.05, 4.69) is 42.2 Å². The number of nitrogens with zero attached hydrogens (tertiary/aromatic N) is 1. The molecule has 340 valence electrons. The maximum atomic E-state index is 14.1. The fourth-order valence-electron chi connectivity index (χ4n) is 6.95. The first-order chi connectivity index (χ1) is 29.3. The Bertz CT molecular complexity index is 2010. The maximum absolute atomic E-state index is 14.1. The molecule has 9 atom stereocenters. The summed E-state index contributed by atoms with van der Waals surface area (Å²) in [6, 6.07) is -0.258. The Hall–Kier alpha value is -5.78. The highest BCUT2D eigenvalue weighted by Crippen LogP contribution is 2.29. The number of aliphatic hydroxyl groups excluding tert-OH is 3. The summed E-state index contributed by atoms with van der Waals surface area (Å²) in [6.07, 6.45) is -3.86. The second-order valence-corrected chi connectivity index (χ2v) is 16.4. The molecule has 23 heteroatoms. The van der Waals surface area contributed by atoms with E-state index in [4.69, 9.17) is 0 Å². The zero-order chi connectivity index (χ0) is 45.8. The molecule has 22 nitrogen and oxygen atoms in total. The number of thioether (sulfide) groups is 1. The summed E-state index contributed by atoms with van der Waals surface area (Å²) in [6.45, 7) is 3.23. The monoisotopic (exact) mass is 889 g/mol. The minimum Gasteiger partial charge on any atom is -0.481 e. The van der Waals surface area contributed by atoms with Crippen LogP contribution >= 0.6 is 11.8 Å². The van der Waals surface area contributed by atoms with Crippen molar-refractivity contribution >= 4 is 75.9 Å². The number of aryl methyl sites for hydroxylation is 1. The van der Waals surface area contributed by atoms with Gasteiger partial charge in [-0.1, -0.05) is 45.4 Å². The Morgan fingerprint density at radius 1 is 0.823 bits per heavy atom. The number of carbonyl (C=O) groups excluding carboxylic acids is 8. The number of para-hydroxylation sites is 1. The molecule has 0 radical (unpaired) electrons. The lowest BCUT2D eigenvalue weighted by molar-refractivity contribution is -0.146. The van der Waals surface area contributed by atoms with Crippen molar-refractivity contribution in [2.45, 2.75) is 94.4 Å². The van der Waals surface area contributed by atoms with E-state index < -0.39 is 147 Å². The standard InChI is InChI=1S/C39H55N9O13S/c1-5-18(2)32-36(59)42-14-29(53)43-25(17-62-38-19(3)22-8-6-7-9-23(22)45-38)34(57)44-24(11-31(55)56)39(61)48-15-21(50)10-26(48)35(58)47-33(20(4)27(51)16-49)37(60)41-12-28(52)40-13-30(54)46-32/h6-9,18,20-21,24-27,32-33,45,49-51H,5,10-17H2,1-4H3,(H,40,52)(H,41,60)(H,42,59)(H,43,53)(H,44,57)(H,46,54)(H,47,58)(H,55,56)/t18-,20-,21+,24?,25-,26-,27-,32-,33-/m0/s1. The number of amides is 8. The number of carbonyl (C=O) groups is 9. The molecule has 0 spiro atoms. The van der Waals surface area contributed by atoms with Crippen LogP contribution in [0.4, 0.5) is 0 Å². The van der Waals surface area contributed by atoms with Gasteiger partial charge in [-0.15, -0.1) is 11.8 Å². The predicted octanol–water partition coefficient (Wildman–Crippen LogP) is -3.66. The van der Waals surface area contributed by atoms with Gasteiger partial charge in [-0.05, 0) is 24.5 Å². The third kappa shape index (κ3) is 12.9. The highest BCUT2D eigenvalue weighted by atomic mass is 32.2. The molecule has 12 N–H and O–H groups in total. The molecular weight excluding hydrogens is 835 g/mol. The molecule has 4 rings (SSSR count). The van der Waals surface area contributed by atoms with Gasteiger partial charge in [-0.3, -0.25) is 43.2 Å². The van der Waals surface area contributed by atoms with Crippen LogP contribution in [0.25, 0.3) is 10.9 Å². The highest BCUT2D eigenvalue weighted by Gasteiger charge is 2.44. The Balaban J connectivity index is 1.70. The minimum absolute atomic E-state index is 0.167. The summed E-state index contributed by atoms with van der Waals surface area (Å²) >= 11 is 1.14. The number of nitrogens with one attached hydrogen (secondary N) is 8. The first-order valence-electron chi connectivity index (χ1n) is 20.1. The van der Waals surface area contributed by atoms with Gasteiger partial charge in [0.05, 0.1) is 49.9 Å². The van der Waals surface area contributed by atoms with E-state index in [0.29, 0.717) is 11.4 Å². The van der Waals surface area contributed by atoms with Crippen LogP contribution in [-0.2, 0) is 43.2 Å². The molecule has 2 aliphatic rings. The van der Waals surface area contributed by atoms with E-state index in [1.807, 2.05) is 31.2 Å². The third-order valence-electron chi connectivity index (χ3n) is 10.8. The normalized spacial score (nSPS) is 25.8. The van der Waals surface area contributed by atoms with Crippen LogP contribution in [0.2, 0.25) is 0 Å². The average Bonchev–Trinajstić information content (AvgIpc) is 3.80. The molecule has 0 saturated carbocycles. The second kappa shape index (κ2) is 22.4. The summed E-state index contributed by atoms with van der Waals surface area (Å²) in [4.78, 5) is 124. The molecule has 1 unspecified atom stereocenters. The van der Waals surface area contributed by atoms with E-state index in [9.17, 15) is 63.6 Å². The Labute approximate surface area is 360 Å². The molecule has 2 saturated heterocycles. The van der Waals surface area contributed by atoms with Crippen molar-refractivity contribution in [3.63, 3.8) is 0 Å². The molecule has 0 aliphatic carbocycles. The zero-order valence-corrected chi connectivity index (χ0v) is 35.5. The van der Waals surface area contributed by atoms with Crippen molar-refractivity contribution in [2.75, 3.05) is 38.5 Å². The van der Waals surface area contributed by atoms with Crippen molar-refractivity contribution in [1.29, 1.82) is 0 Å². The van der Waals surface area contributed by atoms with E-state index in [-0.39, 0.29) is 12.2 Å². The van der Waals surface area contributed by atoms with Crippen LogP contribution < -0.4 is 37.2 Å². The van der Waals surface area contributed by atoms with Crippen LogP contribution in [0.3, 0.4) is 0 Å². The zero-order valence-electron chi connectivity index (χ0n) is 34.7. The van der Waals surface area contributed by atoms with Gasteiger partial charge >= 0.3 is 5.97 Å². The smallest absolute Gasteiger partial charge is 0.305 e. The number of hydrogen-bond acceptors (Lipinski definition) is 13. The Morgan fingerprint density at radius 3 is 2.10 bits per heavy atom. The van der Waals surface area contributed by atoms with Crippen molar-refractivity contribution in [3.05, 3.63) is 29.8 Å². The number of carboxylic acid groups (broad SMARTS) is 1. The number of H-pyrrole nitrogens is 1. The van der Waals surface area contributed by atoms with E-state index in [1.54, 1.807) is 13.8 Å². The van der Waals surface area contributed by atoms with Crippen LogP contribution in [0.1, 0.15) is 45.6 Å². The lowest BCUT2D eigenvalue weighted by Gasteiger charge is -2.32. The maximum Gasteiger partial charge on any atom is 0.305 e. The summed E-state index contributed by atoms with van der Waals surface area (Å²) in [5.41, 5.74) is 1.63. The van der Waals surface area contributed by atoms with Crippen molar-refractivity contribution in [2.24, 2.45) is 11.8 Å². The number of aliphatic carboxylic acids is 1. The molecule has 2 aromatic rings. The summed E-state index contributed by atoms with van der Waals surface area (Å²) in [5, 5.41) is 58.9. The number of aromatic nitrogens is 1. The number of fused-ring (bicyclic) bond motifs is 2. The van der Waals surface area contributed by atoms with E-state index in [1.165, 1.54) is 6.92 Å². The SMILES string of the molecule is CC[C@H](C)[C@@H]1NC(=O)CNC(=O)CNC(=O)[C@H]([C@@H](C)[C@@H](O)CO)NC(=O)[C@@H]2C[C@@H](O)CN2C(=O)C(CC(=O)O)NC(=O)[C@H](CSc2[nH]c3ccccc3c2C)NC(=O)CNC1=O. The fraction of sp³-hybridized carbons (Fsp3) is 0.564. The third-order valence-corrected chi connectivity index (χ3v) is 12.0. The topological polar surface area (TPSA) is 338 Å². The molecular formula is C39H55N9O13S. The molecule has 2 fully saturated rings. The van der Waals surface area contributed by atoms with Gasteiger partial charge in [0, 0.05) is 35.5 Å². The largest absolute Gasteiger partial charge is 0.481 e. The number of aliphatic hydroxyl groups is 3. The van der Waals surface area contributed by atoms with E-state index in [0.717, 1.165) is 33.1 Å². The molecule has 2 aliphatic heterocycles. The first kappa shape index (κ1) is 48.9. The van der Waals surface area contributed by atoms with Crippen LogP contribution in [0.15, 0.2) is 29.3 Å². The quantitative estimate of drug-likeness (QED) is 0.102. The van der Waals surface area contributed by atoms with Crippen molar-refractivity contribution in [1.82, 2.24) is 47.1 Å². The number of aromatic amines is 1. The van der Waals surface area contributed by atoms with E-state index >= 15 is 0 Å². The lowest BCUT2D eigenvalue weighted by atomic mass is 9.94. The number of benzene rings is 1. The Morgan fingerprint density at radius 2 is 1.45 bits per heavy atom. The summed E-state index contributed by atoms with van der Waals surface area (Å²) in [5.74, 6) is -10.8. The molecule has 3 heterocycles. The van der Waals surface area contributed by atoms with Crippen LogP contribution in [0.5, 0.6) is 0 Å². The molecule has 1 aromatic heterocycles. The van der Waals surface area contributed by atoms with Crippen molar-refractivity contribution < 1.29 is 63.6 Å². The molecule has 0 bridgehead atoms. The lowest BCUT2D eigenvalue weighted by Crippen LogP contribution is -2.60. The minimum atomic E-state index is -1.85. The number of rotatable bonds is 10. The predicted molar refractivity (Wildman–Crippen MR) is 221 cm³/mol. The van der Waals surface area contributed by atoms with Gasteiger partial charge in [0.2, 0.25) is 47.3 Å². The van der Waals surface area contributed by atoms with Gasteiger partial charge in [-0.2, -0.15) is 0 Å².